The minimum absolute atomic E-state index is 0.254. The van der Waals surface area contributed by atoms with Crippen LogP contribution in [-0.2, 0) is 25.6 Å². The lowest BCUT2D eigenvalue weighted by molar-refractivity contribution is -0.137. The Morgan fingerprint density at radius 3 is 2.42 bits per heavy atom. The van der Waals surface area contributed by atoms with Gasteiger partial charge < -0.3 is 9.88 Å². The molecule has 3 heterocycles. The predicted octanol–water partition coefficient (Wildman–Crippen LogP) is 5.83. The molecule has 5 nitrogen and oxygen atoms in total. The zero-order chi connectivity index (χ0) is 25.1. The van der Waals surface area contributed by atoms with Crippen molar-refractivity contribution in [1.82, 2.24) is 24.8 Å². The Bertz CT molecular complexity index is 1320. The number of nitrogens with one attached hydrogen (secondary N) is 1. The average molecular weight is 498 g/mol. The summed E-state index contributed by atoms with van der Waals surface area (Å²) < 4.78 is 55.3. The van der Waals surface area contributed by atoms with Crippen LogP contribution in [-0.4, -0.2) is 32.6 Å². The summed E-state index contributed by atoms with van der Waals surface area (Å²) in [5.74, 6) is 1.46. The van der Waals surface area contributed by atoms with E-state index in [-0.39, 0.29) is 5.82 Å². The molecule has 0 saturated carbocycles. The molecule has 1 N–H and O–H groups in total. The Hall–Kier alpha value is -3.33. The van der Waals surface area contributed by atoms with Gasteiger partial charge in [-0.1, -0.05) is 30.3 Å². The summed E-state index contributed by atoms with van der Waals surface area (Å²) in [7, 11) is 0. The molecule has 0 amide bonds. The van der Waals surface area contributed by atoms with Crippen LogP contribution in [0.4, 0.5) is 17.6 Å². The maximum Gasteiger partial charge on any atom is 0.416 e. The minimum atomic E-state index is -4.40. The fraction of sp³-hybridized carbons (Fsp3) is 0.370. The molecule has 0 unspecified atom stereocenters. The highest BCUT2D eigenvalue weighted by Gasteiger charge is 2.30. The molecule has 1 fully saturated rings. The smallest absolute Gasteiger partial charge is 0.317 e. The summed E-state index contributed by atoms with van der Waals surface area (Å²) in [6.45, 7) is 2.63. The third-order valence-corrected chi connectivity index (χ3v) is 6.80. The highest BCUT2D eigenvalue weighted by atomic mass is 19.4. The van der Waals surface area contributed by atoms with Crippen LogP contribution < -0.4 is 5.32 Å². The molecule has 1 saturated heterocycles. The van der Waals surface area contributed by atoms with Crippen LogP contribution in [0.5, 0.6) is 0 Å². The van der Waals surface area contributed by atoms with Crippen LogP contribution in [0.2, 0.25) is 0 Å². The number of benzene rings is 2. The minimum Gasteiger partial charge on any atom is -0.317 e. The van der Waals surface area contributed by atoms with Gasteiger partial charge in [-0.2, -0.15) is 13.2 Å². The van der Waals surface area contributed by atoms with Gasteiger partial charge in [0.2, 0.25) is 0 Å². The molecule has 0 radical (unpaired) electrons. The van der Waals surface area contributed by atoms with Crippen LogP contribution in [0.15, 0.2) is 54.7 Å². The van der Waals surface area contributed by atoms with Gasteiger partial charge in [0.25, 0.3) is 0 Å². The van der Waals surface area contributed by atoms with Crippen molar-refractivity contribution in [3.63, 3.8) is 0 Å². The van der Waals surface area contributed by atoms with Gasteiger partial charge in [0, 0.05) is 18.5 Å². The quantitative estimate of drug-likeness (QED) is 0.327. The monoisotopic (exact) mass is 497 g/mol. The molecule has 188 valence electrons. The molecule has 2 aromatic heterocycles. The number of rotatable bonds is 7. The number of imidazole rings is 1. The van der Waals surface area contributed by atoms with E-state index in [0.29, 0.717) is 59.2 Å². The molecule has 9 heteroatoms. The van der Waals surface area contributed by atoms with Gasteiger partial charge in [-0.05, 0) is 68.5 Å². The molecule has 36 heavy (non-hydrogen) atoms. The second kappa shape index (κ2) is 10.3. The van der Waals surface area contributed by atoms with Crippen LogP contribution in [0, 0.1) is 11.7 Å². The first kappa shape index (κ1) is 24.4. The SMILES string of the molecule is Fc1ccccc1CCc1ncc2nc(-c3ccc(C(F)(F)F)cc3)n(CCC3CCNCC3)c2n1. The highest BCUT2D eigenvalue weighted by Crippen LogP contribution is 2.32. The Balaban J connectivity index is 1.47. The third-order valence-electron chi connectivity index (χ3n) is 6.80. The maximum absolute atomic E-state index is 14.0. The Morgan fingerprint density at radius 2 is 1.69 bits per heavy atom. The Morgan fingerprint density at radius 1 is 0.944 bits per heavy atom. The van der Waals surface area contributed by atoms with Crippen molar-refractivity contribution in [3.8, 4) is 11.4 Å². The normalized spacial score (nSPS) is 15.0. The molecule has 2 aromatic carbocycles. The first-order valence-electron chi connectivity index (χ1n) is 12.2. The molecule has 1 aliphatic heterocycles. The van der Waals surface area contributed by atoms with E-state index >= 15 is 0 Å². The van der Waals surface area contributed by atoms with E-state index < -0.39 is 11.7 Å². The summed E-state index contributed by atoms with van der Waals surface area (Å²) in [4.78, 5) is 13.9. The number of alkyl halides is 3. The summed E-state index contributed by atoms with van der Waals surface area (Å²) in [5.41, 5.74) is 1.74. The molecule has 0 spiro atoms. The van der Waals surface area contributed by atoms with Gasteiger partial charge in [-0.25, -0.2) is 19.3 Å². The van der Waals surface area contributed by atoms with E-state index in [9.17, 15) is 17.6 Å². The van der Waals surface area contributed by atoms with Crippen molar-refractivity contribution >= 4 is 11.2 Å². The molecule has 5 rings (SSSR count). The first-order valence-corrected chi connectivity index (χ1v) is 12.2. The van der Waals surface area contributed by atoms with E-state index in [4.69, 9.17) is 9.97 Å². The van der Waals surface area contributed by atoms with Crippen molar-refractivity contribution in [3.05, 3.63) is 77.5 Å². The second-order valence-electron chi connectivity index (χ2n) is 9.23. The molecular weight excluding hydrogens is 470 g/mol. The highest BCUT2D eigenvalue weighted by molar-refractivity contribution is 5.76. The first-order chi connectivity index (χ1) is 17.4. The lowest BCUT2D eigenvalue weighted by atomic mass is 9.95. The lowest BCUT2D eigenvalue weighted by Gasteiger charge is -2.23. The largest absolute Gasteiger partial charge is 0.416 e. The van der Waals surface area contributed by atoms with Gasteiger partial charge >= 0.3 is 6.18 Å². The third kappa shape index (κ3) is 5.41. The van der Waals surface area contributed by atoms with Crippen molar-refractivity contribution in [1.29, 1.82) is 0 Å². The molecule has 0 aliphatic carbocycles. The lowest BCUT2D eigenvalue weighted by Crippen LogP contribution is -2.28. The molecular formula is C27H27F4N5. The van der Waals surface area contributed by atoms with E-state index in [1.165, 1.54) is 18.2 Å². The Labute approximate surface area is 206 Å². The number of fused-ring (bicyclic) bond motifs is 1. The van der Waals surface area contributed by atoms with E-state index in [0.717, 1.165) is 44.5 Å². The van der Waals surface area contributed by atoms with Gasteiger partial charge in [0.15, 0.2) is 5.65 Å². The summed E-state index contributed by atoms with van der Waals surface area (Å²) in [6.07, 6.45) is 1.28. The van der Waals surface area contributed by atoms with Crippen LogP contribution in [0.1, 0.15) is 36.2 Å². The number of hydrogen-bond acceptors (Lipinski definition) is 4. The summed E-state index contributed by atoms with van der Waals surface area (Å²) >= 11 is 0. The van der Waals surface area contributed by atoms with Crippen molar-refractivity contribution in [2.45, 2.75) is 44.8 Å². The number of halogens is 4. The van der Waals surface area contributed by atoms with Gasteiger partial charge in [-0.3, -0.25) is 0 Å². The molecule has 4 aromatic rings. The zero-order valence-electron chi connectivity index (χ0n) is 19.7. The van der Waals surface area contributed by atoms with E-state index in [1.807, 2.05) is 4.57 Å². The number of aryl methyl sites for hydroxylation is 3. The fourth-order valence-electron chi connectivity index (χ4n) is 4.74. The van der Waals surface area contributed by atoms with Crippen LogP contribution in [0.25, 0.3) is 22.6 Å². The van der Waals surface area contributed by atoms with Crippen molar-refractivity contribution in [2.75, 3.05) is 13.1 Å². The van der Waals surface area contributed by atoms with Gasteiger partial charge in [0.05, 0.1) is 11.8 Å². The number of hydrogen-bond donors (Lipinski definition) is 1. The van der Waals surface area contributed by atoms with Gasteiger partial charge in [0.1, 0.15) is 23.0 Å². The zero-order valence-corrected chi connectivity index (χ0v) is 19.7. The summed E-state index contributed by atoms with van der Waals surface area (Å²) in [6, 6.07) is 11.7. The maximum atomic E-state index is 14.0. The molecule has 1 aliphatic rings. The van der Waals surface area contributed by atoms with Crippen LogP contribution in [0.3, 0.4) is 0 Å². The van der Waals surface area contributed by atoms with Gasteiger partial charge in [-0.15, -0.1) is 0 Å². The second-order valence-corrected chi connectivity index (χ2v) is 9.23. The van der Waals surface area contributed by atoms with E-state index in [2.05, 4.69) is 10.3 Å². The van der Waals surface area contributed by atoms with Crippen LogP contribution >= 0.6 is 0 Å². The number of aromatic nitrogens is 4. The average Bonchev–Trinajstić information content (AvgIpc) is 3.25. The fourth-order valence-corrected chi connectivity index (χ4v) is 4.74. The molecule has 0 atom stereocenters. The standard InChI is InChI=1S/C27H27F4N5/c28-22-4-2-1-3-19(22)7-10-24-33-17-23-26(35-24)36(16-13-18-11-14-32-15-12-18)25(34-23)20-5-8-21(9-6-20)27(29,30)31/h1-6,8-9,17-18,32H,7,10-16H2. The molecule has 0 bridgehead atoms. The topological polar surface area (TPSA) is 55.6 Å². The predicted molar refractivity (Wildman–Crippen MR) is 130 cm³/mol. The summed E-state index contributed by atoms with van der Waals surface area (Å²) in [5, 5.41) is 3.37. The van der Waals surface area contributed by atoms with Crippen molar-refractivity contribution < 1.29 is 17.6 Å². The van der Waals surface area contributed by atoms with E-state index in [1.54, 1.807) is 24.4 Å². The van der Waals surface area contributed by atoms with Crippen molar-refractivity contribution in [2.24, 2.45) is 5.92 Å². The Kier molecular flexibility index (Phi) is 7.00. The number of piperidine rings is 1. The number of nitrogens with zero attached hydrogens (tertiary/aromatic N) is 4.